The third-order valence-electron chi connectivity index (χ3n) is 4.20. The molecule has 0 aromatic rings. The van der Waals surface area contributed by atoms with Crippen LogP contribution in [-0.4, -0.2) is 77.8 Å². The minimum atomic E-state index is -8.96. The van der Waals surface area contributed by atoms with Crippen LogP contribution in [0.2, 0.25) is 0 Å². The van der Waals surface area contributed by atoms with E-state index in [0.717, 1.165) is 0 Å². The number of hydrogen-bond donors (Lipinski definition) is 1. The fourth-order valence-corrected chi connectivity index (χ4v) is 2.01. The van der Waals surface area contributed by atoms with E-state index in [1.165, 1.54) is 0 Å². The second kappa shape index (κ2) is 9.44. The first-order valence-electron chi connectivity index (χ1n) is 8.30. The maximum Gasteiger partial charge on any atom is 0.460 e. The van der Waals surface area contributed by atoms with E-state index >= 15 is 0 Å². The molecule has 216 valence electrons. The number of ether oxygens (including phenoxy) is 1. The summed E-state index contributed by atoms with van der Waals surface area (Å²) >= 11 is 0. The molecule has 36 heavy (non-hydrogen) atoms. The van der Waals surface area contributed by atoms with E-state index < -0.39 is 85.6 Å². The zero-order valence-corrected chi connectivity index (χ0v) is 16.3. The SMILES string of the molecule is O=C(O)CCOCCC(F)(F)C(F)(F)C(F)(F)C(F)(F)C(F)(F)C(F)(F)C(F)(F)C(F)(F)C(F)(F)F. The second-order valence-corrected chi connectivity index (χ2v) is 6.73. The molecular formula is C14H9F19O3. The molecular weight excluding hydrogens is 577 g/mol. The van der Waals surface area contributed by atoms with Crippen molar-refractivity contribution in [2.75, 3.05) is 13.2 Å². The van der Waals surface area contributed by atoms with Gasteiger partial charge in [-0.25, -0.2) is 0 Å². The Balaban J connectivity index is 6.43. The van der Waals surface area contributed by atoms with Crippen molar-refractivity contribution in [1.29, 1.82) is 0 Å². The topological polar surface area (TPSA) is 46.5 Å². The number of carbonyl (C=O) groups is 1. The van der Waals surface area contributed by atoms with Gasteiger partial charge in [-0.1, -0.05) is 0 Å². The molecule has 1 N–H and O–H groups in total. The molecule has 0 radical (unpaired) electrons. The Morgan fingerprint density at radius 3 is 1.11 bits per heavy atom. The monoisotopic (exact) mass is 586 g/mol. The van der Waals surface area contributed by atoms with Gasteiger partial charge >= 0.3 is 59.5 Å². The summed E-state index contributed by atoms with van der Waals surface area (Å²) in [6, 6.07) is 0. The number of hydrogen-bond acceptors (Lipinski definition) is 2. The van der Waals surface area contributed by atoms with Crippen molar-refractivity contribution < 1.29 is 98.1 Å². The molecule has 0 aromatic carbocycles. The van der Waals surface area contributed by atoms with Gasteiger partial charge in [0.2, 0.25) is 0 Å². The second-order valence-electron chi connectivity index (χ2n) is 6.73. The van der Waals surface area contributed by atoms with Gasteiger partial charge in [0.1, 0.15) is 0 Å². The van der Waals surface area contributed by atoms with Gasteiger partial charge in [-0.05, 0) is 0 Å². The number of rotatable bonds is 13. The molecule has 0 spiro atoms. The molecule has 0 heterocycles. The fourth-order valence-electron chi connectivity index (χ4n) is 2.01. The summed E-state index contributed by atoms with van der Waals surface area (Å²) in [7, 11) is 0. The molecule has 0 aliphatic carbocycles. The van der Waals surface area contributed by atoms with E-state index in [0.29, 0.717) is 0 Å². The van der Waals surface area contributed by atoms with Crippen LogP contribution in [0.4, 0.5) is 83.4 Å². The minimum Gasteiger partial charge on any atom is -0.481 e. The normalized spacial score (nSPS) is 15.9. The largest absolute Gasteiger partial charge is 0.481 e. The Kier molecular flexibility index (Phi) is 8.94. The highest BCUT2D eigenvalue weighted by molar-refractivity contribution is 5.66. The van der Waals surface area contributed by atoms with Crippen molar-refractivity contribution >= 4 is 5.97 Å². The van der Waals surface area contributed by atoms with Crippen LogP contribution in [0.1, 0.15) is 12.8 Å². The van der Waals surface area contributed by atoms with E-state index in [1.807, 2.05) is 0 Å². The lowest BCUT2D eigenvalue weighted by Gasteiger charge is -2.43. The van der Waals surface area contributed by atoms with Crippen LogP contribution >= 0.6 is 0 Å². The summed E-state index contributed by atoms with van der Waals surface area (Å²) in [5.74, 6) is -68.6. The summed E-state index contributed by atoms with van der Waals surface area (Å²) < 4.78 is 253. The van der Waals surface area contributed by atoms with Gasteiger partial charge in [0, 0.05) is 6.42 Å². The summed E-state index contributed by atoms with van der Waals surface area (Å²) in [6.45, 7) is -3.00. The third kappa shape index (κ3) is 4.96. The highest BCUT2D eigenvalue weighted by Crippen LogP contribution is 2.65. The van der Waals surface area contributed by atoms with Crippen LogP contribution in [-0.2, 0) is 9.53 Å². The Labute approximate surface area is 185 Å². The molecule has 0 rings (SSSR count). The van der Waals surface area contributed by atoms with Crippen LogP contribution in [0, 0.1) is 0 Å². The molecule has 0 saturated heterocycles. The maximum absolute atomic E-state index is 13.5. The van der Waals surface area contributed by atoms with Crippen molar-refractivity contribution in [3.8, 4) is 0 Å². The zero-order chi connectivity index (χ0) is 29.6. The molecule has 0 bridgehead atoms. The molecule has 22 heteroatoms. The van der Waals surface area contributed by atoms with Crippen molar-refractivity contribution in [2.24, 2.45) is 0 Å². The highest BCUT2D eigenvalue weighted by Gasteiger charge is 2.96. The molecule has 0 unspecified atom stereocenters. The van der Waals surface area contributed by atoms with Gasteiger partial charge in [0.15, 0.2) is 0 Å². The molecule has 0 aromatic heterocycles. The van der Waals surface area contributed by atoms with E-state index in [2.05, 4.69) is 4.74 Å². The summed E-state index contributed by atoms with van der Waals surface area (Å²) in [6.07, 6.45) is -11.8. The van der Waals surface area contributed by atoms with Crippen molar-refractivity contribution in [3.63, 3.8) is 0 Å². The molecule has 0 aliphatic heterocycles. The Hall–Kier alpha value is -1.90. The van der Waals surface area contributed by atoms with Gasteiger partial charge in [-0.15, -0.1) is 0 Å². The van der Waals surface area contributed by atoms with E-state index in [9.17, 15) is 88.2 Å². The molecule has 0 fully saturated rings. The van der Waals surface area contributed by atoms with E-state index in [-0.39, 0.29) is 0 Å². The zero-order valence-electron chi connectivity index (χ0n) is 16.3. The summed E-state index contributed by atoms with van der Waals surface area (Å²) in [5, 5.41) is 8.17. The van der Waals surface area contributed by atoms with Crippen molar-refractivity contribution in [3.05, 3.63) is 0 Å². The lowest BCUT2D eigenvalue weighted by Crippen LogP contribution is -2.75. The molecule has 0 saturated carbocycles. The van der Waals surface area contributed by atoms with Crippen LogP contribution in [0.25, 0.3) is 0 Å². The standard InChI is InChI=1S/C14H9F19O3/c15-6(16,2-4-36-3-1-5(34)35)7(17,18)8(19,20)9(21,22)10(23,24)11(25,26)12(27,28)13(29,30)14(31,32)33/h1-4H2,(H,34,35). The fraction of sp³-hybridized carbons (Fsp3) is 0.929. The predicted molar refractivity (Wildman–Crippen MR) is 73.3 cm³/mol. The predicted octanol–water partition coefficient (Wildman–Crippen LogP) is 6.51. The maximum atomic E-state index is 13.5. The molecule has 0 amide bonds. The van der Waals surface area contributed by atoms with Crippen LogP contribution in [0.3, 0.4) is 0 Å². The highest BCUT2D eigenvalue weighted by atomic mass is 19.4. The molecule has 3 nitrogen and oxygen atoms in total. The van der Waals surface area contributed by atoms with Gasteiger partial charge in [-0.2, -0.15) is 83.4 Å². The van der Waals surface area contributed by atoms with Crippen LogP contribution in [0.15, 0.2) is 0 Å². The van der Waals surface area contributed by atoms with E-state index in [4.69, 9.17) is 5.11 Å². The Bertz CT molecular complexity index is 785. The van der Waals surface area contributed by atoms with Crippen LogP contribution < -0.4 is 0 Å². The first-order chi connectivity index (χ1) is 15.4. The summed E-state index contributed by atoms with van der Waals surface area (Å²) in [4.78, 5) is 10.1. The number of alkyl halides is 19. The quantitative estimate of drug-likeness (QED) is 0.198. The van der Waals surface area contributed by atoms with Gasteiger partial charge < -0.3 is 9.84 Å². The van der Waals surface area contributed by atoms with Gasteiger partial charge in [0.05, 0.1) is 19.6 Å². The average Bonchev–Trinajstić information content (AvgIpc) is 2.65. The molecule has 0 atom stereocenters. The number of carboxylic acid groups (broad SMARTS) is 1. The smallest absolute Gasteiger partial charge is 0.460 e. The lowest BCUT2D eigenvalue weighted by molar-refractivity contribution is -0.468. The number of aliphatic carboxylic acids is 1. The molecule has 0 aliphatic rings. The number of halogens is 19. The number of carboxylic acids is 1. The van der Waals surface area contributed by atoms with E-state index in [1.54, 1.807) is 0 Å². The van der Waals surface area contributed by atoms with Crippen LogP contribution in [0.5, 0.6) is 0 Å². The lowest BCUT2D eigenvalue weighted by atomic mass is 9.87. The third-order valence-corrected chi connectivity index (χ3v) is 4.20. The minimum absolute atomic E-state index is 1.03. The Morgan fingerprint density at radius 1 is 0.500 bits per heavy atom. The van der Waals surface area contributed by atoms with Gasteiger partial charge in [0.25, 0.3) is 0 Å². The summed E-state index contributed by atoms with van der Waals surface area (Å²) in [5.41, 5.74) is 0. The van der Waals surface area contributed by atoms with Crippen molar-refractivity contribution in [1.82, 2.24) is 0 Å². The average molecular weight is 586 g/mol. The van der Waals surface area contributed by atoms with Gasteiger partial charge in [-0.3, -0.25) is 4.79 Å². The first kappa shape index (κ1) is 34.1. The first-order valence-corrected chi connectivity index (χ1v) is 8.30. The van der Waals surface area contributed by atoms with Crippen molar-refractivity contribution in [2.45, 2.75) is 66.4 Å². The Morgan fingerprint density at radius 2 is 0.806 bits per heavy atom.